The van der Waals surface area contributed by atoms with Gasteiger partial charge in [0.1, 0.15) is 5.75 Å². The molecule has 2 aromatic rings. The van der Waals surface area contributed by atoms with Gasteiger partial charge in [0.2, 0.25) is 10.0 Å². The van der Waals surface area contributed by atoms with Crippen molar-refractivity contribution in [1.29, 1.82) is 0 Å². The van der Waals surface area contributed by atoms with Crippen LogP contribution < -0.4 is 14.8 Å². The zero-order valence-electron chi connectivity index (χ0n) is 25.6. The summed E-state index contributed by atoms with van der Waals surface area (Å²) in [7, 11) is -3.33. The van der Waals surface area contributed by atoms with Crippen LogP contribution in [0.2, 0.25) is 5.02 Å². The van der Waals surface area contributed by atoms with Crippen LogP contribution in [0.3, 0.4) is 0 Å². The van der Waals surface area contributed by atoms with Gasteiger partial charge in [-0.25, -0.2) is 18.4 Å². The van der Waals surface area contributed by atoms with Gasteiger partial charge in [0.25, 0.3) is 0 Å². The number of aromatic carboxylic acids is 1. The minimum Gasteiger partial charge on any atom is -0.490 e. The highest BCUT2D eigenvalue weighted by atomic mass is 35.5. The summed E-state index contributed by atoms with van der Waals surface area (Å²) in [6.07, 6.45) is 7.94. The number of primary sulfonamides is 1. The largest absolute Gasteiger partial charge is 0.490 e. The summed E-state index contributed by atoms with van der Waals surface area (Å²) in [5, 5.41) is 25.6. The van der Waals surface area contributed by atoms with Gasteiger partial charge >= 0.3 is 5.97 Å². The number of hydrogen-bond donors (Lipinski definition) is 3. The van der Waals surface area contributed by atoms with Gasteiger partial charge in [0.05, 0.1) is 29.7 Å². The lowest BCUT2D eigenvalue weighted by molar-refractivity contribution is 0.0460. The second kappa shape index (κ2) is 14.1. The molecule has 44 heavy (non-hydrogen) atoms. The SMILES string of the molecule is C=C[C@H](C)[C@H](C)CS(N)(=O)=O.C=C[C@H](O)[C@@H]1CC[C@H]1CN1C[C@@]2(CCCc3cc(Cl)ccc32)COc2ccc(C(=O)O)cc21. The monoisotopic (exact) mass is 644 g/mol. The van der Waals surface area contributed by atoms with Gasteiger partial charge < -0.3 is 19.8 Å². The van der Waals surface area contributed by atoms with E-state index < -0.39 is 22.1 Å². The summed E-state index contributed by atoms with van der Waals surface area (Å²) < 4.78 is 27.6. The van der Waals surface area contributed by atoms with Crippen LogP contribution in [-0.4, -0.2) is 56.2 Å². The summed E-state index contributed by atoms with van der Waals surface area (Å²) in [5.41, 5.74) is 3.44. The number of nitrogens with zero attached hydrogens (tertiary/aromatic N) is 1. The lowest BCUT2D eigenvalue weighted by Crippen LogP contribution is -2.49. The molecule has 4 N–H and O–H groups in total. The predicted molar refractivity (Wildman–Crippen MR) is 176 cm³/mol. The maximum absolute atomic E-state index is 11.7. The molecule has 0 aromatic heterocycles. The highest BCUT2D eigenvalue weighted by Gasteiger charge is 2.44. The number of anilines is 1. The van der Waals surface area contributed by atoms with E-state index >= 15 is 0 Å². The Morgan fingerprint density at radius 2 is 1.95 bits per heavy atom. The number of carboxylic acid groups (broad SMARTS) is 1. The van der Waals surface area contributed by atoms with Crippen molar-refractivity contribution in [1.82, 2.24) is 0 Å². The molecular weight excluding hydrogens is 600 g/mol. The van der Waals surface area contributed by atoms with Crippen molar-refractivity contribution in [2.45, 2.75) is 57.5 Å². The molecule has 8 nitrogen and oxygen atoms in total. The molecule has 1 fully saturated rings. The Morgan fingerprint density at radius 3 is 2.57 bits per heavy atom. The molecule has 1 aliphatic heterocycles. The zero-order chi connectivity index (χ0) is 32.2. The normalized spacial score (nSPS) is 24.5. The Hall–Kier alpha value is -2.85. The van der Waals surface area contributed by atoms with Crippen LogP contribution in [0.15, 0.2) is 61.7 Å². The van der Waals surface area contributed by atoms with E-state index in [1.807, 2.05) is 19.9 Å². The number of aliphatic hydroxyl groups excluding tert-OH is 1. The number of carbonyl (C=O) groups is 1. The first-order valence-corrected chi connectivity index (χ1v) is 17.3. The van der Waals surface area contributed by atoms with Crippen LogP contribution in [-0.2, 0) is 21.9 Å². The van der Waals surface area contributed by atoms with Gasteiger partial charge in [-0.3, -0.25) is 0 Å². The van der Waals surface area contributed by atoms with Gasteiger partial charge in [-0.05, 0) is 97.2 Å². The van der Waals surface area contributed by atoms with E-state index in [9.17, 15) is 23.4 Å². The lowest BCUT2D eigenvalue weighted by Gasteiger charge is -2.45. The van der Waals surface area contributed by atoms with Crippen LogP contribution in [0.5, 0.6) is 5.75 Å². The van der Waals surface area contributed by atoms with E-state index in [1.165, 1.54) is 11.1 Å². The number of aliphatic hydroxyl groups is 1. The summed E-state index contributed by atoms with van der Waals surface area (Å²) in [6, 6.07) is 11.3. The molecule has 0 unspecified atom stereocenters. The predicted octanol–water partition coefficient (Wildman–Crippen LogP) is 5.82. The number of benzene rings is 2. The number of carboxylic acids is 1. The summed E-state index contributed by atoms with van der Waals surface area (Å²) in [4.78, 5) is 14.0. The topological polar surface area (TPSA) is 130 Å². The van der Waals surface area contributed by atoms with Crippen molar-refractivity contribution >= 4 is 33.3 Å². The second-order valence-electron chi connectivity index (χ2n) is 12.7. The smallest absolute Gasteiger partial charge is 0.335 e. The first-order chi connectivity index (χ1) is 20.8. The van der Waals surface area contributed by atoms with Crippen LogP contribution in [0.1, 0.15) is 61.0 Å². The number of nitrogens with two attached hydrogens (primary N) is 1. The van der Waals surface area contributed by atoms with Crippen molar-refractivity contribution < 1.29 is 28.2 Å². The molecule has 3 aliphatic rings. The van der Waals surface area contributed by atoms with Crippen molar-refractivity contribution in [3.05, 3.63) is 83.4 Å². The fourth-order valence-corrected chi connectivity index (χ4v) is 7.96. The standard InChI is InChI=1S/C27H30ClNO4.C7H15NO2S/c1-2-24(30)21-8-5-19(21)14-29-15-27(11-3-4-17-12-20(28)7-9-22(17)27)16-33-25-10-6-18(26(31)32)13-23(25)29;1-4-6(2)7(3)5-11(8,9)10/h2,6-7,9-10,12-13,19,21,24,30H,1,3-5,8,11,14-16H2,(H,31,32);4,6-7H,1,5H2,2-3H3,(H2,8,9,10)/t19-,21+,24-,27-;6-,7+/m00/s1. The number of allylic oxidation sites excluding steroid dienone is 1. The number of fused-ring (bicyclic) bond motifs is 3. The van der Waals surface area contributed by atoms with Crippen molar-refractivity contribution in [3.63, 3.8) is 0 Å². The number of hydrogen-bond acceptors (Lipinski definition) is 6. The molecule has 0 amide bonds. The zero-order valence-corrected chi connectivity index (χ0v) is 27.2. The molecule has 2 aliphatic carbocycles. The molecule has 1 heterocycles. The fourth-order valence-electron chi connectivity index (χ4n) is 6.73. The van der Waals surface area contributed by atoms with Crippen LogP contribution in [0, 0.1) is 23.7 Å². The molecule has 6 atom stereocenters. The minimum atomic E-state index is -3.33. The fraction of sp³-hybridized carbons (Fsp3) is 0.500. The molecular formula is C34H45ClN2O6S. The number of rotatable bonds is 9. The number of aryl methyl sites for hydroxylation is 1. The first-order valence-electron chi connectivity index (χ1n) is 15.2. The number of halogens is 1. The second-order valence-corrected chi connectivity index (χ2v) is 14.8. The van der Waals surface area contributed by atoms with Crippen LogP contribution in [0.25, 0.3) is 0 Å². The highest BCUT2D eigenvalue weighted by molar-refractivity contribution is 7.89. The quantitative estimate of drug-likeness (QED) is 0.293. The Morgan fingerprint density at radius 1 is 1.20 bits per heavy atom. The molecule has 0 saturated heterocycles. The van der Waals surface area contributed by atoms with Gasteiger partial charge in [-0.2, -0.15) is 0 Å². The highest BCUT2D eigenvalue weighted by Crippen LogP contribution is 2.46. The molecule has 1 saturated carbocycles. The van der Waals surface area contributed by atoms with Gasteiger partial charge in [-0.15, -0.1) is 13.2 Å². The Labute approximate surface area is 266 Å². The van der Waals surface area contributed by atoms with E-state index in [4.69, 9.17) is 21.5 Å². The van der Waals surface area contributed by atoms with Crippen molar-refractivity contribution in [2.24, 2.45) is 28.8 Å². The van der Waals surface area contributed by atoms with E-state index in [-0.39, 0.29) is 34.5 Å². The van der Waals surface area contributed by atoms with E-state index in [0.717, 1.165) is 61.7 Å². The van der Waals surface area contributed by atoms with E-state index in [2.05, 4.69) is 30.2 Å². The van der Waals surface area contributed by atoms with Crippen molar-refractivity contribution in [3.8, 4) is 5.75 Å². The average molecular weight is 645 g/mol. The van der Waals surface area contributed by atoms with Gasteiger partial charge in [0.15, 0.2) is 0 Å². The Balaban J connectivity index is 0.000000345. The molecule has 0 radical (unpaired) electrons. The molecule has 1 spiro atoms. The first kappa shape index (κ1) is 34.0. The number of sulfonamides is 1. The van der Waals surface area contributed by atoms with Gasteiger partial charge in [-0.1, -0.05) is 43.7 Å². The molecule has 0 bridgehead atoms. The lowest BCUT2D eigenvalue weighted by atomic mass is 9.68. The minimum absolute atomic E-state index is 0.0280. The van der Waals surface area contributed by atoms with Crippen LogP contribution in [0.4, 0.5) is 5.69 Å². The maximum Gasteiger partial charge on any atom is 0.335 e. The molecule has 2 aromatic carbocycles. The third-order valence-corrected chi connectivity index (χ3v) is 10.9. The molecule has 240 valence electrons. The van der Waals surface area contributed by atoms with Crippen molar-refractivity contribution in [2.75, 3.05) is 30.3 Å². The van der Waals surface area contributed by atoms with Crippen LogP contribution >= 0.6 is 11.6 Å². The third-order valence-electron chi connectivity index (χ3n) is 9.66. The third kappa shape index (κ3) is 7.86. The molecule has 10 heteroatoms. The summed E-state index contributed by atoms with van der Waals surface area (Å²) in [5.74, 6) is 0.543. The van der Waals surface area contributed by atoms with E-state index in [0.29, 0.717) is 12.5 Å². The summed E-state index contributed by atoms with van der Waals surface area (Å²) >= 11 is 6.31. The van der Waals surface area contributed by atoms with Gasteiger partial charge in [0, 0.05) is 23.5 Å². The Bertz CT molecular complexity index is 1480. The number of ether oxygens (including phenoxy) is 1. The summed E-state index contributed by atoms with van der Waals surface area (Å²) in [6.45, 7) is 13.1. The Kier molecular flexibility index (Phi) is 10.9. The van der Waals surface area contributed by atoms with E-state index in [1.54, 1.807) is 30.4 Å². The molecule has 5 rings (SSSR count). The average Bonchev–Trinajstić information content (AvgIpc) is 3.11. The maximum atomic E-state index is 11.7.